The first kappa shape index (κ1) is 11.2. The third-order valence-corrected chi connectivity index (χ3v) is 2.73. The molecule has 0 heterocycles. The Bertz CT molecular complexity index is 213. The first-order valence-corrected chi connectivity index (χ1v) is 5.34. The van der Waals surface area contributed by atoms with Crippen LogP contribution in [0.15, 0.2) is 12.2 Å². The number of allylic oxidation sites excluding steroid dienone is 2. The van der Waals surface area contributed by atoms with E-state index in [1.165, 1.54) is 12.8 Å². The van der Waals surface area contributed by atoms with Crippen LogP contribution in [-0.4, -0.2) is 25.5 Å². The Balaban J connectivity index is 2.19. The van der Waals surface area contributed by atoms with Crippen LogP contribution in [0.2, 0.25) is 0 Å². The van der Waals surface area contributed by atoms with Gasteiger partial charge in [0.2, 0.25) is 5.91 Å². The molecule has 0 fully saturated rings. The maximum absolute atomic E-state index is 11.2. The van der Waals surface area contributed by atoms with Crippen molar-refractivity contribution in [1.29, 1.82) is 0 Å². The van der Waals surface area contributed by atoms with Crippen LogP contribution in [0.25, 0.3) is 0 Å². The van der Waals surface area contributed by atoms with E-state index in [0.29, 0.717) is 5.92 Å². The summed E-state index contributed by atoms with van der Waals surface area (Å²) in [6, 6.07) is -0.0779. The zero-order chi connectivity index (χ0) is 10.4. The number of amides is 1. The van der Waals surface area contributed by atoms with Gasteiger partial charge in [0.1, 0.15) is 0 Å². The minimum atomic E-state index is -0.0779. The quantitative estimate of drug-likeness (QED) is 0.660. The molecule has 0 spiro atoms. The average molecular weight is 196 g/mol. The topological polar surface area (TPSA) is 41.1 Å². The Kier molecular flexibility index (Phi) is 4.66. The van der Waals surface area contributed by atoms with Gasteiger partial charge < -0.3 is 10.6 Å². The van der Waals surface area contributed by atoms with E-state index in [0.717, 1.165) is 13.0 Å². The second-order valence-corrected chi connectivity index (χ2v) is 3.89. The Hall–Kier alpha value is -0.830. The Morgan fingerprint density at radius 3 is 2.93 bits per heavy atom. The third-order valence-electron chi connectivity index (χ3n) is 2.73. The highest BCUT2D eigenvalue weighted by molar-refractivity contribution is 5.80. The van der Waals surface area contributed by atoms with Gasteiger partial charge in [-0.25, -0.2) is 0 Å². The van der Waals surface area contributed by atoms with Gasteiger partial charge in [-0.2, -0.15) is 0 Å². The highest BCUT2D eigenvalue weighted by Crippen LogP contribution is 2.16. The van der Waals surface area contributed by atoms with Gasteiger partial charge in [-0.3, -0.25) is 4.79 Å². The molecule has 1 aliphatic rings. The lowest BCUT2D eigenvalue weighted by atomic mass is 9.94. The van der Waals surface area contributed by atoms with Gasteiger partial charge in [-0.05, 0) is 38.6 Å². The van der Waals surface area contributed by atoms with Crippen molar-refractivity contribution in [2.75, 3.05) is 13.6 Å². The largest absolute Gasteiger partial charge is 0.358 e. The molecule has 2 atom stereocenters. The lowest BCUT2D eigenvalue weighted by Crippen LogP contribution is -2.42. The number of carbonyl (C=O) groups excluding carboxylic acids is 1. The van der Waals surface area contributed by atoms with Crippen molar-refractivity contribution >= 4 is 5.91 Å². The Labute approximate surface area is 86.0 Å². The molecule has 14 heavy (non-hydrogen) atoms. The highest BCUT2D eigenvalue weighted by Gasteiger charge is 2.14. The van der Waals surface area contributed by atoms with Gasteiger partial charge in [0, 0.05) is 7.05 Å². The Morgan fingerprint density at radius 1 is 1.57 bits per heavy atom. The smallest absolute Gasteiger partial charge is 0.236 e. The van der Waals surface area contributed by atoms with Crippen LogP contribution in [0, 0.1) is 5.92 Å². The molecule has 2 N–H and O–H groups in total. The molecule has 0 aromatic heterocycles. The predicted molar refractivity (Wildman–Crippen MR) is 58.0 cm³/mol. The molecule has 3 nitrogen and oxygen atoms in total. The van der Waals surface area contributed by atoms with Crippen LogP contribution >= 0.6 is 0 Å². The number of rotatable bonds is 4. The van der Waals surface area contributed by atoms with Crippen LogP contribution in [0.5, 0.6) is 0 Å². The van der Waals surface area contributed by atoms with Crippen molar-refractivity contribution in [2.24, 2.45) is 5.92 Å². The fourth-order valence-electron chi connectivity index (χ4n) is 1.69. The average Bonchev–Trinajstić information content (AvgIpc) is 2.26. The number of carbonyl (C=O) groups is 1. The number of likely N-dealkylation sites (N-methyl/N-ethyl adjacent to an activating group) is 1. The van der Waals surface area contributed by atoms with Gasteiger partial charge >= 0.3 is 0 Å². The predicted octanol–water partition coefficient (Wildman–Crippen LogP) is 1.07. The molecule has 0 radical (unpaired) electrons. The maximum Gasteiger partial charge on any atom is 0.236 e. The van der Waals surface area contributed by atoms with Crippen molar-refractivity contribution in [3.8, 4) is 0 Å². The normalized spacial score (nSPS) is 23.1. The number of hydrogen-bond donors (Lipinski definition) is 2. The first-order valence-electron chi connectivity index (χ1n) is 5.34. The summed E-state index contributed by atoms with van der Waals surface area (Å²) in [5, 5.41) is 5.89. The van der Waals surface area contributed by atoms with Crippen LogP contribution in [0.4, 0.5) is 0 Å². The summed E-state index contributed by atoms with van der Waals surface area (Å²) in [6.45, 7) is 2.84. The van der Waals surface area contributed by atoms with Crippen molar-refractivity contribution < 1.29 is 4.79 Å². The van der Waals surface area contributed by atoms with E-state index < -0.39 is 0 Å². The van der Waals surface area contributed by atoms with E-state index in [-0.39, 0.29) is 11.9 Å². The third kappa shape index (κ3) is 3.50. The molecule has 1 aliphatic carbocycles. The standard InChI is InChI=1S/C11H20N2O/c1-9(11(14)12-2)13-8-10-6-4-3-5-7-10/h3-4,9-10,13H,5-8H2,1-2H3,(H,12,14)/t9-,10?/m1/s1. The summed E-state index contributed by atoms with van der Waals surface area (Å²) in [7, 11) is 1.67. The summed E-state index contributed by atoms with van der Waals surface area (Å²) in [4.78, 5) is 11.2. The first-order chi connectivity index (χ1) is 6.74. The van der Waals surface area contributed by atoms with Gasteiger partial charge in [-0.15, -0.1) is 0 Å². The molecule has 0 aromatic rings. The van der Waals surface area contributed by atoms with Crippen LogP contribution in [0.1, 0.15) is 26.2 Å². The zero-order valence-electron chi connectivity index (χ0n) is 9.05. The van der Waals surface area contributed by atoms with Crippen LogP contribution in [-0.2, 0) is 4.79 Å². The van der Waals surface area contributed by atoms with Crippen molar-refractivity contribution in [2.45, 2.75) is 32.2 Å². The van der Waals surface area contributed by atoms with E-state index in [2.05, 4.69) is 22.8 Å². The number of hydrogen-bond acceptors (Lipinski definition) is 2. The molecule has 0 bridgehead atoms. The van der Waals surface area contributed by atoms with E-state index in [9.17, 15) is 4.79 Å². The van der Waals surface area contributed by atoms with Crippen molar-refractivity contribution in [3.63, 3.8) is 0 Å². The SMILES string of the molecule is CNC(=O)[C@@H](C)NCC1CC=CCC1. The molecular weight excluding hydrogens is 176 g/mol. The fraction of sp³-hybridized carbons (Fsp3) is 0.727. The van der Waals surface area contributed by atoms with Crippen molar-refractivity contribution in [3.05, 3.63) is 12.2 Å². The summed E-state index contributed by atoms with van der Waals surface area (Å²) in [5.74, 6) is 0.767. The highest BCUT2D eigenvalue weighted by atomic mass is 16.2. The molecule has 1 amide bonds. The van der Waals surface area contributed by atoms with Gasteiger partial charge in [0.05, 0.1) is 6.04 Å². The summed E-state index contributed by atoms with van der Waals surface area (Å²) >= 11 is 0. The van der Waals surface area contributed by atoms with Crippen LogP contribution in [0.3, 0.4) is 0 Å². The lowest BCUT2D eigenvalue weighted by Gasteiger charge is -2.20. The van der Waals surface area contributed by atoms with Gasteiger partial charge in [0.25, 0.3) is 0 Å². The molecule has 0 aliphatic heterocycles. The molecule has 1 unspecified atom stereocenters. The van der Waals surface area contributed by atoms with E-state index >= 15 is 0 Å². The number of nitrogens with one attached hydrogen (secondary N) is 2. The summed E-state index contributed by atoms with van der Waals surface area (Å²) in [5.41, 5.74) is 0. The Morgan fingerprint density at radius 2 is 2.36 bits per heavy atom. The monoisotopic (exact) mass is 196 g/mol. The molecular formula is C11H20N2O. The minimum absolute atomic E-state index is 0.0661. The maximum atomic E-state index is 11.2. The fourth-order valence-corrected chi connectivity index (χ4v) is 1.69. The molecule has 3 heteroatoms. The molecule has 0 aromatic carbocycles. The van der Waals surface area contributed by atoms with Gasteiger partial charge in [0.15, 0.2) is 0 Å². The molecule has 0 saturated heterocycles. The lowest BCUT2D eigenvalue weighted by molar-refractivity contribution is -0.122. The molecule has 0 saturated carbocycles. The minimum Gasteiger partial charge on any atom is -0.358 e. The zero-order valence-corrected chi connectivity index (χ0v) is 9.05. The molecule has 1 rings (SSSR count). The summed E-state index contributed by atoms with van der Waals surface area (Å²) < 4.78 is 0. The van der Waals surface area contributed by atoms with E-state index in [1.807, 2.05) is 6.92 Å². The van der Waals surface area contributed by atoms with E-state index in [4.69, 9.17) is 0 Å². The second-order valence-electron chi connectivity index (χ2n) is 3.89. The van der Waals surface area contributed by atoms with Crippen molar-refractivity contribution in [1.82, 2.24) is 10.6 Å². The second kappa shape index (κ2) is 5.81. The van der Waals surface area contributed by atoms with E-state index in [1.54, 1.807) is 7.05 Å². The molecule has 80 valence electrons. The summed E-state index contributed by atoms with van der Waals surface area (Å²) in [6.07, 6.45) is 8.04. The van der Waals surface area contributed by atoms with Gasteiger partial charge in [-0.1, -0.05) is 12.2 Å². The van der Waals surface area contributed by atoms with Crippen LogP contribution < -0.4 is 10.6 Å².